The predicted molar refractivity (Wildman–Crippen MR) is 50.4 cm³/mol. The van der Waals surface area contributed by atoms with Crippen LogP contribution in [0.25, 0.3) is 0 Å². The van der Waals surface area contributed by atoms with Crippen molar-refractivity contribution in [2.24, 2.45) is 0 Å². The van der Waals surface area contributed by atoms with Crippen LogP contribution in [0.4, 0.5) is 10.1 Å². The van der Waals surface area contributed by atoms with Crippen LogP contribution in [0.2, 0.25) is 0 Å². The number of fused-ring (bicyclic) bond motifs is 1. The fraction of sp³-hybridized carbons (Fsp3) is 0.222. The van der Waals surface area contributed by atoms with E-state index in [2.05, 4.69) is 5.32 Å². The smallest absolute Gasteiger partial charge is 0.225 e. The molecule has 0 saturated heterocycles. The SMILES string of the molecule is O=C1CCSc2cccc(F)c2N1. The second-order valence-corrected chi connectivity index (χ2v) is 3.90. The number of amides is 1. The van der Waals surface area contributed by atoms with Gasteiger partial charge in [-0.25, -0.2) is 4.39 Å². The fourth-order valence-electron chi connectivity index (χ4n) is 1.20. The molecule has 0 radical (unpaired) electrons. The Labute approximate surface area is 79.5 Å². The molecule has 68 valence electrons. The monoisotopic (exact) mass is 197 g/mol. The summed E-state index contributed by atoms with van der Waals surface area (Å²) in [6.45, 7) is 0. The Morgan fingerprint density at radius 3 is 3.15 bits per heavy atom. The molecule has 1 N–H and O–H groups in total. The first kappa shape index (κ1) is 8.56. The average molecular weight is 197 g/mol. The molecule has 1 aromatic carbocycles. The van der Waals surface area contributed by atoms with Crippen LogP contribution in [0.1, 0.15) is 6.42 Å². The predicted octanol–water partition coefficient (Wildman–Crippen LogP) is 2.26. The second-order valence-electron chi connectivity index (χ2n) is 2.76. The molecule has 0 fully saturated rings. The molecule has 1 aliphatic heterocycles. The van der Waals surface area contributed by atoms with E-state index in [9.17, 15) is 9.18 Å². The number of nitrogens with one attached hydrogen (secondary N) is 1. The first-order valence-corrected chi connectivity index (χ1v) is 4.97. The van der Waals surface area contributed by atoms with Crippen molar-refractivity contribution in [1.82, 2.24) is 0 Å². The summed E-state index contributed by atoms with van der Waals surface area (Å²) in [7, 11) is 0. The molecule has 1 aliphatic rings. The molecular formula is C9H8FNOS. The number of rotatable bonds is 0. The van der Waals surface area contributed by atoms with Gasteiger partial charge >= 0.3 is 0 Å². The summed E-state index contributed by atoms with van der Waals surface area (Å²) in [6.07, 6.45) is 0.443. The molecule has 0 unspecified atom stereocenters. The molecule has 0 atom stereocenters. The normalized spacial score (nSPS) is 15.9. The third kappa shape index (κ3) is 1.67. The highest BCUT2D eigenvalue weighted by molar-refractivity contribution is 7.99. The van der Waals surface area contributed by atoms with Crippen LogP contribution in [-0.4, -0.2) is 11.7 Å². The highest BCUT2D eigenvalue weighted by Gasteiger charge is 2.15. The number of carbonyl (C=O) groups is 1. The van der Waals surface area contributed by atoms with Gasteiger partial charge in [0.25, 0.3) is 0 Å². The van der Waals surface area contributed by atoms with Crippen molar-refractivity contribution in [3.8, 4) is 0 Å². The number of hydrogen-bond donors (Lipinski definition) is 1. The summed E-state index contributed by atoms with van der Waals surface area (Å²) in [6, 6.07) is 4.82. The van der Waals surface area contributed by atoms with Gasteiger partial charge in [-0.2, -0.15) is 0 Å². The minimum absolute atomic E-state index is 0.114. The van der Waals surface area contributed by atoms with Crippen molar-refractivity contribution >= 4 is 23.4 Å². The molecule has 1 aromatic rings. The first-order chi connectivity index (χ1) is 6.27. The van der Waals surface area contributed by atoms with Crippen molar-refractivity contribution in [1.29, 1.82) is 0 Å². The summed E-state index contributed by atoms with van der Waals surface area (Å²) < 4.78 is 13.2. The van der Waals surface area contributed by atoms with E-state index in [1.807, 2.05) is 6.07 Å². The molecule has 13 heavy (non-hydrogen) atoms. The standard InChI is InChI=1S/C9H8FNOS/c10-6-2-1-3-7-9(6)11-8(12)4-5-13-7/h1-3H,4-5H2,(H,11,12). The van der Waals surface area contributed by atoms with Gasteiger partial charge in [0.2, 0.25) is 5.91 Å². The van der Waals surface area contributed by atoms with Crippen molar-refractivity contribution in [3.05, 3.63) is 24.0 Å². The Morgan fingerprint density at radius 1 is 1.46 bits per heavy atom. The quantitative estimate of drug-likeness (QED) is 0.691. The van der Waals surface area contributed by atoms with Crippen molar-refractivity contribution in [3.63, 3.8) is 0 Å². The van der Waals surface area contributed by atoms with Crippen LogP contribution >= 0.6 is 11.8 Å². The number of benzene rings is 1. The number of thioether (sulfide) groups is 1. The molecular weight excluding hydrogens is 189 g/mol. The Kier molecular flexibility index (Phi) is 2.22. The highest BCUT2D eigenvalue weighted by Crippen LogP contribution is 2.32. The van der Waals surface area contributed by atoms with Crippen LogP contribution in [0.3, 0.4) is 0 Å². The summed E-state index contributed by atoms with van der Waals surface area (Å²) in [4.78, 5) is 11.9. The zero-order chi connectivity index (χ0) is 9.26. The van der Waals surface area contributed by atoms with Gasteiger partial charge in [-0.1, -0.05) is 6.07 Å². The van der Waals surface area contributed by atoms with E-state index in [-0.39, 0.29) is 11.7 Å². The average Bonchev–Trinajstić information content (AvgIpc) is 2.28. The van der Waals surface area contributed by atoms with Gasteiger partial charge in [0.15, 0.2) is 0 Å². The van der Waals surface area contributed by atoms with Crippen LogP contribution in [-0.2, 0) is 4.79 Å². The van der Waals surface area contributed by atoms with Crippen LogP contribution in [0, 0.1) is 5.82 Å². The lowest BCUT2D eigenvalue weighted by Crippen LogP contribution is -2.11. The summed E-state index contributed by atoms with van der Waals surface area (Å²) in [5, 5.41) is 2.56. The molecule has 0 aliphatic carbocycles. The van der Waals surface area contributed by atoms with Gasteiger partial charge in [0.05, 0.1) is 5.69 Å². The van der Waals surface area contributed by atoms with Crippen LogP contribution < -0.4 is 5.32 Å². The summed E-state index contributed by atoms with van der Waals surface area (Å²) >= 11 is 1.50. The van der Waals surface area contributed by atoms with E-state index in [1.54, 1.807) is 6.07 Å². The third-order valence-corrected chi connectivity index (χ3v) is 2.89. The van der Waals surface area contributed by atoms with Crippen LogP contribution in [0.15, 0.2) is 23.1 Å². The lowest BCUT2D eigenvalue weighted by atomic mass is 10.3. The molecule has 0 spiro atoms. The van der Waals surface area contributed by atoms with Crippen molar-refractivity contribution in [2.75, 3.05) is 11.1 Å². The van der Waals surface area contributed by atoms with E-state index >= 15 is 0 Å². The molecule has 4 heteroatoms. The molecule has 0 bridgehead atoms. The zero-order valence-electron chi connectivity index (χ0n) is 6.84. The zero-order valence-corrected chi connectivity index (χ0v) is 7.66. The van der Waals surface area contributed by atoms with E-state index in [0.29, 0.717) is 17.9 Å². The van der Waals surface area contributed by atoms with E-state index in [0.717, 1.165) is 4.90 Å². The summed E-state index contributed by atoms with van der Waals surface area (Å²) in [5.74, 6) is 0.235. The molecule has 1 amide bonds. The lowest BCUT2D eigenvalue weighted by Gasteiger charge is -2.05. The number of hydrogen-bond acceptors (Lipinski definition) is 2. The Bertz CT molecular complexity index is 353. The van der Waals surface area contributed by atoms with Gasteiger partial charge in [-0.3, -0.25) is 4.79 Å². The Hall–Kier alpha value is -1.03. The molecule has 2 nitrogen and oxygen atoms in total. The minimum atomic E-state index is -0.361. The number of carbonyl (C=O) groups excluding carboxylic acids is 1. The van der Waals surface area contributed by atoms with Crippen molar-refractivity contribution in [2.45, 2.75) is 11.3 Å². The third-order valence-electron chi connectivity index (χ3n) is 1.83. The first-order valence-electron chi connectivity index (χ1n) is 3.98. The van der Waals surface area contributed by atoms with Gasteiger partial charge in [0.1, 0.15) is 5.82 Å². The molecule has 0 aromatic heterocycles. The molecule has 1 heterocycles. The Balaban J connectivity index is 2.46. The highest BCUT2D eigenvalue weighted by atomic mass is 32.2. The lowest BCUT2D eigenvalue weighted by molar-refractivity contribution is -0.115. The maximum atomic E-state index is 13.2. The number of anilines is 1. The largest absolute Gasteiger partial charge is 0.323 e. The maximum absolute atomic E-state index is 13.2. The van der Waals surface area contributed by atoms with E-state index in [4.69, 9.17) is 0 Å². The fourth-order valence-corrected chi connectivity index (χ4v) is 2.18. The Morgan fingerprint density at radius 2 is 2.31 bits per heavy atom. The maximum Gasteiger partial charge on any atom is 0.225 e. The van der Waals surface area contributed by atoms with Gasteiger partial charge in [0, 0.05) is 17.1 Å². The van der Waals surface area contributed by atoms with Crippen LogP contribution in [0.5, 0.6) is 0 Å². The second kappa shape index (κ2) is 3.38. The number of halogens is 1. The van der Waals surface area contributed by atoms with Crippen molar-refractivity contribution < 1.29 is 9.18 Å². The van der Waals surface area contributed by atoms with E-state index in [1.165, 1.54) is 17.8 Å². The van der Waals surface area contributed by atoms with Gasteiger partial charge in [-0.05, 0) is 12.1 Å². The topological polar surface area (TPSA) is 29.1 Å². The molecule has 2 rings (SSSR count). The minimum Gasteiger partial charge on any atom is -0.323 e. The molecule has 0 saturated carbocycles. The number of para-hydroxylation sites is 1. The van der Waals surface area contributed by atoms with Gasteiger partial charge < -0.3 is 5.32 Å². The van der Waals surface area contributed by atoms with E-state index < -0.39 is 0 Å². The van der Waals surface area contributed by atoms with Gasteiger partial charge in [-0.15, -0.1) is 11.8 Å². The summed E-state index contributed by atoms with van der Waals surface area (Å²) in [5.41, 5.74) is 0.329.